The van der Waals surface area contributed by atoms with E-state index in [1.54, 1.807) is 0 Å². The third-order valence-electron chi connectivity index (χ3n) is 3.78. The molecular weight excluding hydrogens is 328 g/mol. The van der Waals surface area contributed by atoms with Gasteiger partial charge in [-0.25, -0.2) is 0 Å². The first-order chi connectivity index (χ1) is 9.95. The Kier molecular flexibility index (Phi) is 3.80. The van der Waals surface area contributed by atoms with Crippen LogP contribution in [-0.4, -0.2) is 6.79 Å². The Bertz CT molecular complexity index is 641. The van der Waals surface area contributed by atoms with Crippen molar-refractivity contribution in [3.05, 3.63) is 63.6 Å². The summed E-state index contributed by atoms with van der Waals surface area (Å²) in [5.41, 5.74) is 3.72. The van der Waals surface area contributed by atoms with Crippen LogP contribution in [-0.2, 0) is 10.2 Å². The van der Waals surface area contributed by atoms with E-state index in [0.717, 1.165) is 21.3 Å². The standard InChI is InChI=1S/C18H19BrO2/c1-18(2,3)13-6-4-12(5-7-13)17-15-10-14(19)8-9-16(15)20-11-21-17/h4-10,17H,11H2,1-3H3. The van der Waals surface area contributed by atoms with Crippen LogP contribution in [0.25, 0.3) is 0 Å². The van der Waals surface area contributed by atoms with E-state index in [9.17, 15) is 0 Å². The maximum atomic E-state index is 5.83. The van der Waals surface area contributed by atoms with Crippen molar-refractivity contribution >= 4 is 15.9 Å². The monoisotopic (exact) mass is 346 g/mol. The average molecular weight is 347 g/mol. The minimum Gasteiger partial charge on any atom is -0.467 e. The summed E-state index contributed by atoms with van der Waals surface area (Å²) in [6, 6.07) is 14.7. The molecule has 0 bridgehead atoms. The lowest BCUT2D eigenvalue weighted by Crippen LogP contribution is -2.18. The van der Waals surface area contributed by atoms with Gasteiger partial charge in [0.05, 0.1) is 0 Å². The van der Waals surface area contributed by atoms with Crippen LogP contribution in [0.5, 0.6) is 5.75 Å². The molecule has 0 saturated heterocycles. The zero-order valence-corrected chi connectivity index (χ0v) is 14.1. The van der Waals surface area contributed by atoms with E-state index in [4.69, 9.17) is 9.47 Å². The molecule has 3 heteroatoms. The van der Waals surface area contributed by atoms with Gasteiger partial charge < -0.3 is 9.47 Å². The molecule has 0 radical (unpaired) electrons. The van der Waals surface area contributed by atoms with Crippen molar-refractivity contribution in [2.24, 2.45) is 0 Å². The van der Waals surface area contributed by atoms with E-state index in [2.05, 4.69) is 67.0 Å². The van der Waals surface area contributed by atoms with Gasteiger partial charge in [0.1, 0.15) is 11.9 Å². The molecule has 110 valence electrons. The number of ether oxygens (including phenoxy) is 2. The quantitative estimate of drug-likeness (QED) is 0.706. The molecule has 0 saturated carbocycles. The average Bonchev–Trinajstić information content (AvgIpc) is 2.46. The maximum Gasteiger partial charge on any atom is 0.190 e. The van der Waals surface area contributed by atoms with E-state index < -0.39 is 0 Å². The topological polar surface area (TPSA) is 18.5 Å². The van der Waals surface area contributed by atoms with Crippen LogP contribution in [0.2, 0.25) is 0 Å². The summed E-state index contributed by atoms with van der Waals surface area (Å²) in [6.45, 7) is 6.96. The minimum absolute atomic E-state index is 0.0692. The molecule has 0 N–H and O–H groups in total. The van der Waals surface area contributed by atoms with Crippen LogP contribution < -0.4 is 4.74 Å². The molecule has 2 aromatic rings. The molecule has 0 fully saturated rings. The van der Waals surface area contributed by atoms with Crippen LogP contribution in [0.1, 0.15) is 43.6 Å². The Balaban J connectivity index is 1.97. The van der Waals surface area contributed by atoms with Crippen molar-refractivity contribution in [1.82, 2.24) is 0 Å². The summed E-state index contributed by atoms with van der Waals surface area (Å²) < 4.78 is 12.4. The molecule has 0 spiro atoms. The van der Waals surface area contributed by atoms with Crippen LogP contribution in [0.3, 0.4) is 0 Å². The second-order valence-electron chi connectivity index (χ2n) is 6.36. The van der Waals surface area contributed by atoms with E-state index >= 15 is 0 Å². The van der Waals surface area contributed by atoms with Crippen LogP contribution >= 0.6 is 15.9 Å². The Hall–Kier alpha value is -1.32. The first-order valence-corrected chi connectivity index (χ1v) is 7.89. The van der Waals surface area contributed by atoms with Crippen LogP contribution in [0, 0.1) is 0 Å². The van der Waals surface area contributed by atoms with Crippen molar-refractivity contribution in [3.63, 3.8) is 0 Å². The summed E-state index contributed by atoms with van der Waals surface area (Å²) in [5, 5.41) is 0. The first kappa shape index (κ1) is 14.6. The molecule has 1 aliphatic rings. The molecule has 0 aliphatic carbocycles. The van der Waals surface area contributed by atoms with Gasteiger partial charge in [0.2, 0.25) is 0 Å². The Morgan fingerprint density at radius 2 is 1.76 bits per heavy atom. The highest BCUT2D eigenvalue weighted by Crippen LogP contribution is 2.38. The van der Waals surface area contributed by atoms with Crippen molar-refractivity contribution in [2.75, 3.05) is 6.79 Å². The number of benzene rings is 2. The lowest BCUT2D eigenvalue weighted by molar-refractivity contribution is -0.0419. The minimum atomic E-state index is -0.0692. The zero-order valence-electron chi connectivity index (χ0n) is 12.5. The SMILES string of the molecule is CC(C)(C)c1ccc(C2OCOc3ccc(Br)cc32)cc1. The second-order valence-corrected chi connectivity index (χ2v) is 7.28. The third-order valence-corrected chi connectivity index (χ3v) is 4.28. The highest BCUT2D eigenvalue weighted by molar-refractivity contribution is 9.10. The van der Waals surface area contributed by atoms with E-state index in [1.807, 2.05) is 12.1 Å². The lowest BCUT2D eigenvalue weighted by atomic mass is 9.86. The Labute approximate surface area is 134 Å². The zero-order chi connectivity index (χ0) is 15.0. The van der Waals surface area contributed by atoms with Crippen molar-refractivity contribution in [1.29, 1.82) is 0 Å². The molecule has 0 amide bonds. The highest BCUT2D eigenvalue weighted by atomic mass is 79.9. The number of halogens is 1. The lowest BCUT2D eigenvalue weighted by Gasteiger charge is -2.27. The third kappa shape index (κ3) is 2.99. The maximum absolute atomic E-state index is 5.83. The van der Waals surface area contributed by atoms with Gasteiger partial charge in [-0.3, -0.25) is 0 Å². The molecule has 1 aliphatic heterocycles. The number of hydrogen-bond donors (Lipinski definition) is 0. The predicted molar refractivity (Wildman–Crippen MR) is 87.7 cm³/mol. The predicted octanol–water partition coefficient (Wildman–Crippen LogP) is 5.20. The fourth-order valence-electron chi connectivity index (χ4n) is 2.54. The first-order valence-electron chi connectivity index (χ1n) is 7.09. The van der Waals surface area contributed by atoms with Gasteiger partial charge in [-0.05, 0) is 34.7 Å². The largest absolute Gasteiger partial charge is 0.467 e. The highest BCUT2D eigenvalue weighted by Gasteiger charge is 2.24. The fourth-order valence-corrected chi connectivity index (χ4v) is 2.92. The molecule has 2 aromatic carbocycles. The van der Waals surface area contributed by atoms with Crippen LogP contribution in [0.4, 0.5) is 0 Å². The molecule has 0 aromatic heterocycles. The van der Waals surface area contributed by atoms with Crippen molar-refractivity contribution < 1.29 is 9.47 Å². The second kappa shape index (κ2) is 5.47. The summed E-state index contributed by atoms with van der Waals surface area (Å²) in [5.74, 6) is 0.898. The molecule has 1 atom stereocenters. The van der Waals surface area contributed by atoms with Gasteiger partial charge in [-0.1, -0.05) is 61.0 Å². The van der Waals surface area contributed by atoms with Gasteiger partial charge in [-0.2, -0.15) is 0 Å². The molecule has 1 heterocycles. The molecule has 21 heavy (non-hydrogen) atoms. The smallest absolute Gasteiger partial charge is 0.190 e. The van der Waals surface area contributed by atoms with Gasteiger partial charge in [0, 0.05) is 10.0 Å². The molecular formula is C18H19BrO2. The molecule has 3 rings (SSSR count). The Morgan fingerprint density at radius 1 is 1.05 bits per heavy atom. The van der Waals surface area contributed by atoms with E-state index in [-0.39, 0.29) is 11.5 Å². The Morgan fingerprint density at radius 3 is 2.43 bits per heavy atom. The summed E-state index contributed by atoms with van der Waals surface area (Å²) in [4.78, 5) is 0. The number of rotatable bonds is 1. The van der Waals surface area contributed by atoms with Gasteiger partial charge in [-0.15, -0.1) is 0 Å². The van der Waals surface area contributed by atoms with Gasteiger partial charge in [0.25, 0.3) is 0 Å². The summed E-state index contributed by atoms with van der Waals surface area (Å²) in [6.07, 6.45) is -0.0692. The fraction of sp³-hybridized carbons (Fsp3) is 0.333. The summed E-state index contributed by atoms with van der Waals surface area (Å²) >= 11 is 3.52. The van der Waals surface area contributed by atoms with Crippen LogP contribution in [0.15, 0.2) is 46.9 Å². The summed E-state index contributed by atoms with van der Waals surface area (Å²) in [7, 11) is 0. The van der Waals surface area contributed by atoms with E-state index in [0.29, 0.717) is 6.79 Å². The number of fused-ring (bicyclic) bond motifs is 1. The van der Waals surface area contributed by atoms with Crippen molar-refractivity contribution in [3.8, 4) is 5.75 Å². The molecule has 2 nitrogen and oxygen atoms in total. The normalized spacial score (nSPS) is 18.0. The van der Waals surface area contributed by atoms with Crippen molar-refractivity contribution in [2.45, 2.75) is 32.3 Å². The van der Waals surface area contributed by atoms with Gasteiger partial charge in [0.15, 0.2) is 6.79 Å². The number of hydrogen-bond acceptors (Lipinski definition) is 2. The molecule has 1 unspecified atom stereocenters. The van der Waals surface area contributed by atoms with Gasteiger partial charge >= 0.3 is 0 Å². The van der Waals surface area contributed by atoms with E-state index in [1.165, 1.54) is 5.56 Å².